The van der Waals surface area contributed by atoms with E-state index in [9.17, 15) is 5.11 Å². The Bertz CT molecular complexity index is 925. The quantitative estimate of drug-likeness (QED) is 0.590. The normalized spacial score (nSPS) is 22.1. The largest absolute Gasteiger partial charge is 0.508 e. The molecule has 1 N–H and O–H groups in total. The number of hydrogen-bond donors (Lipinski definition) is 1. The molecule has 2 aromatic rings. The Kier molecular flexibility index (Phi) is 5.40. The van der Waals surface area contributed by atoms with Crippen LogP contribution < -0.4 is 4.74 Å². The fraction of sp³-hybridized carbons (Fsp3) is 0.654. The summed E-state index contributed by atoms with van der Waals surface area (Å²) < 4.78 is 8.50. The molecule has 1 aliphatic heterocycles. The monoisotopic (exact) mass is 410 g/mol. The van der Waals surface area contributed by atoms with Gasteiger partial charge in [0.05, 0.1) is 5.69 Å². The van der Waals surface area contributed by atoms with Gasteiger partial charge in [-0.2, -0.15) is 5.10 Å². The molecule has 0 saturated carbocycles. The maximum atomic E-state index is 11.2. The molecule has 1 aromatic heterocycles. The SMILES string of the molecule is CCCCCCC(C)(C)c1cc(O)c2c(c1)OC(C)(C)[C@@H]1Cc3cn(C)nc3C[C@@H]21. The summed E-state index contributed by atoms with van der Waals surface area (Å²) in [5.41, 5.74) is 4.40. The van der Waals surface area contributed by atoms with Gasteiger partial charge < -0.3 is 9.84 Å². The summed E-state index contributed by atoms with van der Waals surface area (Å²) in [6, 6.07) is 4.21. The second-order valence-electron chi connectivity index (χ2n) is 10.7. The standard InChI is InChI=1S/C26H38N2O2/c1-7-8-9-10-11-25(2,3)18-13-22(29)24-19-15-21-17(16-28(6)27-21)12-20(19)26(4,5)30-23(24)14-18/h13-14,16,19-20,29H,7-12,15H2,1-6H3/t19-,20-/m1/s1. The van der Waals surface area contributed by atoms with E-state index in [4.69, 9.17) is 9.84 Å². The third kappa shape index (κ3) is 3.74. The molecule has 2 aliphatic rings. The molecule has 4 nitrogen and oxygen atoms in total. The lowest BCUT2D eigenvalue weighted by molar-refractivity contribution is 0.00538. The van der Waals surface area contributed by atoms with Crippen molar-refractivity contribution in [2.45, 2.75) is 96.5 Å². The van der Waals surface area contributed by atoms with E-state index in [0.717, 1.165) is 30.6 Å². The van der Waals surface area contributed by atoms with Crippen LogP contribution in [0.25, 0.3) is 0 Å². The number of aryl methyl sites for hydroxylation is 1. The van der Waals surface area contributed by atoms with Crippen molar-refractivity contribution in [3.8, 4) is 11.5 Å². The van der Waals surface area contributed by atoms with E-state index >= 15 is 0 Å². The maximum Gasteiger partial charge on any atom is 0.127 e. The van der Waals surface area contributed by atoms with Crippen molar-refractivity contribution >= 4 is 0 Å². The van der Waals surface area contributed by atoms with Gasteiger partial charge in [0.25, 0.3) is 0 Å². The van der Waals surface area contributed by atoms with Crippen LogP contribution in [0.4, 0.5) is 0 Å². The highest BCUT2D eigenvalue weighted by atomic mass is 16.5. The molecular formula is C26H38N2O2. The fourth-order valence-corrected chi connectivity index (χ4v) is 5.65. The van der Waals surface area contributed by atoms with Gasteiger partial charge in [0.15, 0.2) is 0 Å². The molecule has 0 bridgehead atoms. The number of rotatable bonds is 6. The van der Waals surface area contributed by atoms with Gasteiger partial charge in [-0.3, -0.25) is 4.68 Å². The van der Waals surface area contributed by atoms with Crippen LogP contribution in [-0.2, 0) is 25.3 Å². The first-order valence-electron chi connectivity index (χ1n) is 11.7. The zero-order valence-electron chi connectivity index (χ0n) is 19.6. The Hall–Kier alpha value is -1.97. The first kappa shape index (κ1) is 21.3. The van der Waals surface area contributed by atoms with Gasteiger partial charge in [0, 0.05) is 30.6 Å². The second-order valence-corrected chi connectivity index (χ2v) is 10.7. The summed E-state index contributed by atoms with van der Waals surface area (Å²) >= 11 is 0. The molecule has 0 radical (unpaired) electrons. The average Bonchev–Trinajstić information content (AvgIpc) is 3.02. The minimum atomic E-state index is -0.276. The van der Waals surface area contributed by atoms with Crippen LogP contribution in [0.2, 0.25) is 0 Å². The summed E-state index contributed by atoms with van der Waals surface area (Å²) in [5, 5.41) is 15.9. The van der Waals surface area contributed by atoms with Crippen LogP contribution in [-0.4, -0.2) is 20.5 Å². The van der Waals surface area contributed by atoms with Crippen molar-refractivity contribution in [3.63, 3.8) is 0 Å². The molecule has 1 aromatic carbocycles. The highest BCUT2D eigenvalue weighted by Gasteiger charge is 2.48. The number of nitrogens with zero attached hydrogens (tertiary/aromatic N) is 2. The molecule has 0 unspecified atom stereocenters. The van der Waals surface area contributed by atoms with Gasteiger partial charge in [-0.05, 0) is 61.8 Å². The number of phenolic OH excluding ortho intramolecular Hbond substituents is 1. The lowest BCUT2D eigenvalue weighted by Gasteiger charge is -2.47. The third-order valence-corrected chi connectivity index (χ3v) is 7.52. The molecule has 2 atom stereocenters. The summed E-state index contributed by atoms with van der Waals surface area (Å²) in [6.45, 7) is 11.2. The second kappa shape index (κ2) is 7.62. The number of aromatic hydroxyl groups is 1. The van der Waals surface area contributed by atoms with Crippen LogP contribution in [0.3, 0.4) is 0 Å². The molecule has 0 fully saturated rings. The van der Waals surface area contributed by atoms with Gasteiger partial charge in [-0.25, -0.2) is 0 Å². The van der Waals surface area contributed by atoms with E-state index < -0.39 is 0 Å². The van der Waals surface area contributed by atoms with E-state index in [2.05, 4.69) is 46.9 Å². The first-order chi connectivity index (χ1) is 14.1. The molecule has 4 rings (SSSR count). The van der Waals surface area contributed by atoms with Gasteiger partial charge in [0.2, 0.25) is 0 Å². The highest BCUT2D eigenvalue weighted by Crippen LogP contribution is 2.54. The summed E-state index contributed by atoms with van der Waals surface area (Å²) in [5.74, 6) is 1.85. The Morgan fingerprint density at radius 3 is 2.70 bits per heavy atom. The van der Waals surface area contributed by atoms with E-state index in [-0.39, 0.29) is 16.9 Å². The highest BCUT2D eigenvalue weighted by molar-refractivity contribution is 5.54. The number of benzene rings is 1. The number of ether oxygens (including phenoxy) is 1. The van der Waals surface area contributed by atoms with Crippen LogP contribution in [0, 0.1) is 5.92 Å². The van der Waals surface area contributed by atoms with Crippen LogP contribution in [0.1, 0.15) is 95.0 Å². The Labute approximate surface area is 181 Å². The summed E-state index contributed by atoms with van der Waals surface area (Å²) in [4.78, 5) is 0. The number of hydrogen-bond acceptors (Lipinski definition) is 3. The number of aromatic nitrogens is 2. The van der Waals surface area contributed by atoms with Crippen LogP contribution in [0.5, 0.6) is 11.5 Å². The minimum Gasteiger partial charge on any atom is -0.508 e. The molecule has 0 saturated heterocycles. The molecule has 0 amide bonds. The average molecular weight is 411 g/mol. The van der Waals surface area contributed by atoms with Crippen molar-refractivity contribution in [1.82, 2.24) is 9.78 Å². The minimum absolute atomic E-state index is 0.0192. The van der Waals surface area contributed by atoms with E-state index in [1.807, 2.05) is 17.8 Å². The van der Waals surface area contributed by atoms with Crippen molar-refractivity contribution in [2.75, 3.05) is 0 Å². The third-order valence-electron chi connectivity index (χ3n) is 7.52. The molecular weight excluding hydrogens is 372 g/mol. The zero-order valence-corrected chi connectivity index (χ0v) is 19.6. The zero-order chi connectivity index (χ0) is 21.7. The van der Waals surface area contributed by atoms with Gasteiger partial charge in [-0.1, -0.05) is 46.5 Å². The van der Waals surface area contributed by atoms with Crippen LogP contribution in [0.15, 0.2) is 18.3 Å². The maximum absolute atomic E-state index is 11.2. The topological polar surface area (TPSA) is 47.3 Å². The Balaban J connectivity index is 1.68. The molecule has 2 heterocycles. The van der Waals surface area contributed by atoms with Gasteiger partial charge >= 0.3 is 0 Å². The van der Waals surface area contributed by atoms with Crippen molar-refractivity contribution in [1.29, 1.82) is 0 Å². The smallest absolute Gasteiger partial charge is 0.127 e. The summed E-state index contributed by atoms with van der Waals surface area (Å²) in [7, 11) is 1.99. The van der Waals surface area contributed by atoms with Crippen LogP contribution >= 0.6 is 0 Å². The molecule has 30 heavy (non-hydrogen) atoms. The van der Waals surface area contributed by atoms with E-state index in [1.165, 1.54) is 42.5 Å². The molecule has 164 valence electrons. The predicted octanol–water partition coefficient (Wildman–Crippen LogP) is 6.04. The Morgan fingerprint density at radius 1 is 1.20 bits per heavy atom. The first-order valence-corrected chi connectivity index (χ1v) is 11.7. The molecule has 1 aliphatic carbocycles. The van der Waals surface area contributed by atoms with Crippen molar-refractivity contribution in [3.05, 3.63) is 40.7 Å². The van der Waals surface area contributed by atoms with Gasteiger partial charge in [-0.15, -0.1) is 0 Å². The number of fused-ring (bicyclic) bond motifs is 4. The Morgan fingerprint density at radius 2 is 1.97 bits per heavy atom. The van der Waals surface area contributed by atoms with E-state index in [1.54, 1.807) is 0 Å². The lowest BCUT2D eigenvalue weighted by Crippen LogP contribution is -2.47. The molecule has 0 spiro atoms. The van der Waals surface area contributed by atoms with Crippen molar-refractivity contribution < 1.29 is 9.84 Å². The number of unbranched alkanes of at least 4 members (excludes halogenated alkanes) is 3. The predicted molar refractivity (Wildman–Crippen MR) is 121 cm³/mol. The molecule has 4 heteroatoms. The lowest BCUT2D eigenvalue weighted by atomic mass is 9.66. The fourth-order valence-electron chi connectivity index (χ4n) is 5.65. The van der Waals surface area contributed by atoms with Crippen molar-refractivity contribution in [2.24, 2.45) is 13.0 Å². The summed E-state index contributed by atoms with van der Waals surface area (Å²) in [6.07, 6.45) is 10.1. The van der Waals surface area contributed by atoms with E-state index in [0.29, 0.717) is 11.7 Å². The number of phenols is 1. The van der Waals surface area contributed by atoms with Gasteiger partial charge in [0.1, 0.15) is 17.1 Å².